The highest BCUT2D eigenvalue weighted by Crippen LogP contribution is 2.05. The van der Waals surface area contributed by atoms with Gasteiger partial charge in [0.1, 0.15) is 6.73 Å². The van der Waals surface area contributed by atoms with Crippen LogP contribution in [0.5, 0.6) is 0 Å². The first-order chi connectivity index (χ1) is 9.40. The molecule has 0 aliphatic carbocycles. The van der Waals surface area contributed by atoms with Crippen LogP contribution < -0.4 is 5.32 Å². The Bertz CT molecular complexity index is 465. The maximum Gasteiger partial charge on any atom is 0.123 e. The van der Waals surface area contributed by atoms with E-state index in [1.165, 1.54) is 11.3 Å². The highest BCUT2D eigenvalue weighted by molar-refractivity contribution is 5.13. The lowest BCUT2D eigenvalue weighted by atomic mass is 10.2. The second kappa shape index (κ2) is 7.77. The monoisotopic (exact) mass is 258 g/mol. The Morgan fingerprint density at radius 3 is 2.74 bits per heavy atom. The molecular formula is C16H22N2O. The predicted octanol–water partition coefficient (Wildman–Crippen LogP) is 3.16. The Labute approximate surface area is 115 Å². The van der Waals surface area contributed by atoms with Crippen molar-refractivity contribution < 1.29 is 4.74 Å². The van der Waals surface area contributed by atoms with E-state index < -0.39 is 0 Å². The average Bonchev–Trinajstić information content (AvgIpc) is 2.88. The SMILES string of the molecule is CCCNCc1cccn1COCc1ccccc1. The van der Waals surface area contributed by atoms with Crippen molar-refractivity contribution in [3.8, 4) is 0 Å². The summed E-state index contributed by atoms with van der Waals surface area (Å²) in [6.07, 6.45) is 3.22. The molecule has 19 heavy (non-hydrogen) atoms. The molecule has 1 N–H and O–H groups in total. The summed E-state index contributed by atoms with van der Waals surface area (Å²) in [6, 6.07) is 14.5. The van der Waals surface area contributed by atoms with E-state index in [1.54, 1.807) is 0 Å². The molecule has 1 heterocycles. The van der Waals surface area contributed by atoms with E-state index >= 15 is 0 Å². The molecule has 0 atom stereocenters. The van der Waals surface area contributed by atoms with E-state index in [0.717, 1.165) is 19.5 Å². The first-order valence-corrected chi connectivity index (χ1v) is 6.86. The maximum absolute atomic E-state index is 5.75. The Morgan fingerprint density at radius 2 is 1.95 bits per heavy atom. The maximum atomic E-state index is 5.75. The zero-order valence-electron chi connectivity index (χ0n) is 11.5. The summed E-state index contributed by atoms with van der Waals surface area (Å²) in [5.74, 6) is 0. The van der Waals surface area contributed by atoms with E-state index in [0.29, 0.717) is 13.3 Å². The van der Waals surface area contributed by atoms with Crippen molar-refractivity contribution in [2.75, 3.05) is 6.54 Å². The zero-order chi connectivity index (χ0) is 13.3. The van der Waals surface area contributed by atoms with Gasteiger partial charge in [-0.25, -0.2) is 0 Å². The Morgan fingerprint density at radius 1 is 1.11 bits per heavy atom. The van der Waals surface area contributed by atoms with E-state index in [-0.39, 0.29) is 0 Å². The van der Waals surface area contributed by atoms with Gasteiger partial charge >= 0.3 is 0 Å². The molecule has 0 bridgehead atoms. The van der Waals surface area contributed by atoms with Crippen molar-refractivity contribution in [3.05, 3.63) is 59.9 Å². The highest BCUT2D eigenvalue weighted by Gasteiger charge is 2.00. The van der Waals surface area contributed by atoms with Crippen LogP contribution in [0, 0.1) is 0 Å². The fraction of sp³-hybridized carbons (Fsp3) is 0.375. The molecule has 1 aromatic carbocycles. The van der Waals surface area contributed by atoms with Crippen LogP contribution in [-0.4, -0.2) is 11.1 Å². The van der Waals surface area contributed by atoms with Gasteiger partial charge in [0.25, 0.3) is 0 Å². The average molecular weight is 258 g/mol. The molecule has 0 fully saturated rings. The summed E-state index contributed by atoms with van der Waals surface area (Å²) in [7, 11) is 0. The van der Waals surface area contributed by atoms with Gasteiger partial charge in [0.05, 0.1) is 6.61 Å². The van der Waals surface area contributed by atoms with Gasteiger partial charge < -0.3 is 14.6 Å². The van der Waals surface area contributed by atoms with Gasteiger partial charge in [-0.05, 0) is 30.7 Å². The standard InChI is InChI=1S/C16H22N2O/c1-2-10-17-12-16-9-6-11-18(16)14-19-13-15-7-4-3-5-8-15/h3-9,11,17H,2,10,12-14H2,1H3. The topological polar surface area (TPSA) is 26.2 Å². The fourth-order valence-corrected chi connectivity index (χ4v) is 1.97. The van der Waals surface area contributed by atoms with Gasteiger partial charge in [-0.2, -0.15) is 0 Å². The minimum Gasteiger partial charge on any atom is -0.356 e. The van der Waals surface area contributed by atoms with Crippen LogP contribution in [-0.2, 0) is 24.6 Å². The summed E-state index contributed by atoms with van der Waals surface area (Å²) < 4.78 is 7.89. The van der Waals surface area contributed by atoms with Crippen molar-refractivity contribution in [2.24, 2.45) is 0 Å². The summed E-state index contributed by atoms with van der Waals surface area (Å²) >= 11 is 0. The van der Waals surface area contributed by atoms with Crippen molar-refractivity contribution >= 4 is 0 Å². The first kappa shape index (κ1) is 13.8. The second-order valence-electron chi connectivity index (χ2n) is 4.61. The number of aromatic nitrogens is 1. The molecule has 2 rings (SSSR count). The largest absolute Gasteiger partial charge is 0.356 e. The van der Waals surface area contributed by atoms with Gasteiger partial charge in [0.2, 0.25) is 0 Å². The normalized spacial score (nSPS) is 10.8. The molecule has 102 valence electrons. The van der Waals surface area contributed by atoms with Crippen molar-refractivity contribution in [2.45, 2.75) is 33.2 Å². The van der Waals surface area contributed by atoms with Gasteiger partial charge in [-0.1, -0.05) is 37.3 Å². The number of rotatable bonds is 8. The summed E-state index contributed by atoms with van der Waals surface area (Å²) in [6.45, 7) is 5.38. The highest BCUT2D eigenvalue weighted by atomic mass is 16.5. The molecule has 0 unspecified atom stereocenters. The summed E-state index contributed by atoms with van der Waals surface area (Å²) in [5, 5.41) is 3.41. The van der Waals surface area contributed by atoms with Crippen molar-refractivity contribution in [3.63, 3.8) is 0 Å². The van der Waals surface area contributed by atoms with Crippen LogP contribution in [0.2, 0.25) is 0 Å². The quantitative estimate of drug-likeness (QED) is 0.736. The van der Waals surface area contributed by atoms with E-state index in [1.807, 2.05) is 18.2 Å². The molecule has 1 aromatic heterocycles. The van der Waals surface area contributed by atoms with Crippen LogP contribution in [0.15, 0.2) is 48.7 Å². The number of nitrogens with zero attached hydrogens (tertiary/aromatic N) is 1. The zero-order valence-corrected chi connectivity index (χ0v) is 11.5. The Balaban J connectivity index is 1.78. The predicted molar refractivity (Wildman–Crippen MR) is 77.7 cm³/mol. The van der Waals surface area contributed by atoms with Crippen LogP contribution >= 0.6 is 0 Å². The molecular weight excluding hydrogens is 236 g/mol. The van der Waals surface area contributed by atoms with Gasteiger partial charge in [0.15, 0.2) is 0 Å². The van der Waals surface area contributed by atoms with E-state index in [4.69, 9.17) is 4.74 Å². The lowest BCUT2D eigenvalue weighted by Crippen LogP contribution is -2.17. The van der Waals surface area contributed by atoms with Crippen molar-refractivity contribution in [1.29, 1.82) is 0 Å². The van der Waals surface area contributed by atoms with Gasteiger partial charge in [-0.15, -0.1) is 0 Å². The third-order valence-electron chi connectivity index (χ3n) is 3.00. The first-order valence-electron chi connectivity index (χ1n) is 6.86. The molecule has 0 aliphatic heterocycles. The van der Waals surface area contributed by atoms with Gasteiger partial charge in [-0.3, -0.25) is 0 Å². The number of benzene rings is 1. The van der Waals surface area contributed by atoms with E-state index in [2.05, 4.69) is 47.3 Å². The van der Waals surface area contributed by atoms with E-state index in [9.17, 15) is 0 Å². The summed E-state index contributed by atoms with van der Waals surface area (Å²) in [5.41, 5.74) is 2.47. The van der Waals surface area contributed by atoms with Crippen LogP contribution in [0.1, 0.15) is 24.6 Å². The number of ether oxygens (including phenoxy) is 1. The number of hydrogen-bond donors (Lipinski definition) is 1. The second-order valence-corrected chi connectivity index (χ2v) is 4.61. The van der Waals surface area contributed by atoms with Crippen LogP contribution in [0.3, 0.4) is 0 Å². The molecule has 0 amide bonds. The molecule has 3 heteroatoms. The molecule has 0 saturated carbocycles. The number of hydrogen-bond acceptors (Lipinski definition) is 2. The lowest BCUT2D eigenvalue weighted by Gasteiger charge is -2.10. The smallest absolute Gasteiger partial charge is 0.123 e. The molecule has 2 aromatic rings. The minimum atomic E-state index is 0.602. The Hall–Kier alpha value is -1.58. The lowest BCUT2D eigenvalue weighted by molar-refractivity contribution is 0.0624. The third-order valence-corrected chi connectivity index (χ3v) is 3.00. The van der Waals surface area contributed by atoms with Crippen LogP contribution in [0.25, 0.3) is 0 Å². The summed E-state index contributed by atoms with van der Waals surface area (Å²) in [4.78, 5) is 0. The van der Waals surface area contributed by atoms with Crippen LogP contribution in [0.4, 0.5) is 0 Å². The minimum absolute atomic E-state index is 0.602. The molecule has 3 nitrogen and oxygen atoms in total. The third kappa shape index (κ3) is 4.54. The Kier molecular flexibility index (Phi) is 5.66. The molecule has 0 radical (unpaired) electrons. The number of nitrogens with one attached hydrogen (secondary N) is 1. The molecule has 0 saturated heterocycles. The van der Waals surface area contributed by atoms with Gasteiger partial charge in [0, 0.05) is 18.4 Å². The fourth-order valence-electron chi connectivity index (χ4n) is 1.97. The molecule has 0 spiro atoms. The molecule has 0 aliphatic rings. The van der Waals surface area contributed by atoms with Crippen molar-refractivity contribution in [1.82, 2.24) is 9.88 Å².